The van der Waals surface area contributed by atoms with Crippen LogP contribution in [0, 0.1) is 0 Å². The molecule has 30 heavy (non-hydrogen) atoms. The summed E-state index contributed by atoms with van der Waals surface area (Å²) < 4.78 is 0. The number of aliphatic carboxylic acids is 1. The van der Waals surface area contributed by atoms with E-state index in [0.29, 0.717) is 24.4 Å². The highest BCUT2D eigenvalue weighted by Gasteiger charge is 2.27. The number of carbonyl (C=O) groups is 1. The Morgan fingerprint density at radius 2 is 1.90 bits per heavy atom. The van der Waals surface area contributed by atoms with Crippen molar-refractivity contribution < 1.29 is 9.90 Å². The summed E-state index contributed by atoms with van der Waals surface area (Å²) in [6, 6.07) is 18.6. The van der Waals surface area contributed by atoms with E-state index in [4.69, 9.17) is 5.11 Å². The first kappa shape index (κ1) is 20.9. The highest BCUT2D eigenvalue weighted by Crippen LogP contribution is 2.36. The molecule has 2 aromatic rings. The maximum absolute atomic E-state index is 10.8. The summed E-state index contributed by atoms with van der Waals surface area (Å²) in [6.07, 6.45) is 7.02. The Hall–Kier alpha value is -2.33. The summed E-state index contributed by atoms with van der Waals surface area (Å²) in [5.74, 6) is -0.136. The standard InChI is InChI=1S/C26H34N2O2/c1-19(22-5-4-6-25(18-22)28-15-2-3-16-28)27-24-13-12-23(17-24)21-10-7-20(8-11-21)9-14-26(29)30/h4-8,10-11,18-19,23-24,27H,2-3,9,12-17H2,1H3,(H,29,30)/t19?,23-,24?/m0/s1. The molecule has 1 saturated heterocycles. The van der Waals surface area contributed by atoms with Crippen LogP contribution in [0.4, 0.5) is 5.69 Å². The first-order chi connectivity index (χ1) is 14.6. The largest absolute Gasteiger partial charge is 0.481 e. The monoisotopic (exact) mass is 406 g/mol. The Morgan fingerprint density at radius 3 is 2.63 bits per heavy atom. The molecule has 0 aromatic heterocycles. The van der Waals surface area contributed by atoms with Gasteiger partial charge in [-0.25, -0.2) is 0 Å². The van der Waals surface area contributed by atoms with Crippen LogP contribution < -0.4 is 10.2 Å². The van der Waals surface area contributed by atoms with Crippen molar-refractivity contribution in [1.29, 1.82) is 0 Å². The molecule has 160 valence electrons. The van der Waals surface area contributed by atoms with Crippen molar-refractivity contribution >= 4 is 11.7 Å². The molecule has 4 rings (SSSR count). The van der Waals surface area contributed by atoms with Crippen molar-refractivity contribution in [3.05, 3.63) is 65.2 Å². The van der Waals surface area contributed by atoms with E-state index in [1.54, 1.807) is 0 Å². The van der Waals surface area contributed by atoms with Gasteiger partial charge in [-0.3, -0.25) is 4.79 Å². The quantitative estimate of drug-likeness (QED) is 0.625. The van der Waals surface area contributed by atoms with E-state index in [9.17, 15) is 4.79 Å². The maximum atomic E-state index is 10.8. The zero-order valence-corrected chi connectivity index (χ0v) is 18.0. The third-order valence-electron chi connectivity index (χ3n) is 6.84. The molecule has 2 aliphatic rings. The van der Waals surface area contributed by atoms with Crippen LogP contribution in [-0.4, -0.2) is 30.2 Å². The van der Waals surface area contributed by atoms with E-state index >= 15 is 0 Å². The molecule has 2 fully saturated rings. The molecule has 4 heteroatoms. The van der Waals surface area contributed by atoms with Crippen molar-refractivity contribution in [2.45, 2.75) is 69.9 Å². The number of carboxylic acid groups (broad SMARTS) is 1. The van der Waals surface area contributed by atoms with Gasteiger partial charge < -0.3 is 15.3 Å². The lowest BCUT2D eigenvalue weighted by molar-refractivity contribution is -0.136. The van der Waals surface area contributed by atoms with Gasteiger partial charge in [-0.1, -0.05) is 36.4 Å². The van der Waals surface area contributed by atoms with Gasteiger partial charge in [0.05, 0.1) is 0 Å². The third kappa shape index (κ3) is 5.23. The fourth-order valence-corrected chi connectivity index (χ4v) is 5.06. The molecule has 1 heterocycles. The molecular formula is C26H34N2O2. The van der Waals surface area contributed by atoms with Crippen molar-refractivity contribution in [2.75, 3.05) is 18.0 Å². The zero-order chi connectivity index (χ0) is 20.9. The predicted octanol–water partition coefficient (Wildman–Crippen LogP) is 5.29. The van der Waals surface area contributed by atoms with E-state index in [1.165, 1.54) is 62.0 Å². The third-order valence-corrected chi connectivity index (χ3v) is 6.84. The number of hydrogen-bond donors (Lipinski definition) is 2. The van der Waals surface area contributed by atoms with E-state index < -0.39 is 5.97 Å². The Morgan fingerprint density at radius 1 is 1.13 bits per heavy atom. The van der Waals surface area contributed by atoms with Crippen molar-refractivity contribution in [2.24, 2.45) is 0 Å². The summed E-state index contributed by atoms with van der Waals surface area (Å²) in [6.45, 7) is 4.66. The highest BCUT2D eigenvalue weighted by molar-refractivity contribution is 5.67. The van der Waals surface area contributed by atoms with Gasteiger partial charge in [-0.05, 0) is 80.2 Å². The lowest BCUT2D eigenvalue weighted by atomic mass is 9.95. The zero-order valence-electron chi connectivity index (χ0n) is 18.0. The number of anilines is 1. The number of carboxylic acids is 1. The van der Waals surface area contributed by atoms with Crippen molar-refractivity contribution in [3.8, 4) is 0 Å². The molecule has 2 aromatic carbocycles. The van der Waals surface area contributed by atoms with E-state index in [0.717, 1.165) is 5.56 Å². The van der Waals surface area contributed by atoms with Gasteiger partial charge in [0.1, 0.15) is 0 Å². The van der Waals surface area contributed by atoms with Gasteiger partial charge in [0.2, 0.25) is 0 Å². The smallest absolute Gasteiger partial charge is 0.303 e. The number of hydrogen-bond acceptors (Lipinski definition) is 3. The fraction of sp³-hybridized carbons (Fsp3) is 0.500. The normalized spacial score (nSPS) is 22.4. The number of nitrogens with zero attached hydrogens (tertiary/aromatic N) is 1. The predicted molar refractivity (Wildman–Crippen MR) is 122 cm³/mol. The van der Waals surface area contributed by atoms with E-state index in [-0.39, 0.29) is 6.42 Å². The number of benzene rings is 2. The fourth-order valence-electron chi connectivity index (χ4n) is 5.06. The highest BCUT2D eigenvalue weighted by atomic mass is 16.4. The topological polar surface area (TPSA) is 52.6 Å². The van der Waals surface area contributed by atoms with Gasteiger partial charge >= 0.3 is 5.97 Å². The number of aryl methyl sites for hydroxylation is 1. The Balaban J connectivity index is 1.31. The molecule has 2 N–H and O–H groups in total. The van der Waals surface area contributed by atoms with E-state index in [2.05, 4.69) is 65.7 Å². The summed E-state index contributed by atoms with van der Waals surface area (Å²) in [7, 11) is 0. The molecule has 0 amide bonds. The Bertz CT molecular complexity index is 842. The summed E-state index contributed by atoms with van der Waals surface area (Å²) in [5, 5.41) is 12.7. The Kier molecular flexibility index (Phi) is 6.73. The number of nitrogens with one attached hydrogen (secondary N) is 1. The second-order valence-electron chi connectivity index (χ2n) is 9.02. The van der Waals surface area contributed by atoms with E-state index in [1.807, 2.05) is 0 Å². The number of rotatable bonds is 8. The SMILES string of the molecule is CC(NC1CC[C@H](c2ccc(CCC(=O)O)cc2)C1)c1cccc(N2CCCC2)c1. The minimum atomic E-state index is -0.733. The van der Waals surface area contributed by atoms with Crippen LogP contribution in [0.5, 0.6) is 0 Å². The molecule has 0 radical (unpaired) electrons. The Labute approximate surface area is 180 Å². The minimum absolute atomic E-state index is 0.200. The van der Waals surface area contributed by atoms with Crippen molar-refractivity contribution in [3.63, 3.8) is 0 Å². The molecule has 1 aliphatic heterocycles. The molecule has 0 spiro atoms. The molecule has 1 saturated carbocycles. The average molecular weight is 407 g/mol. The second kappa shape index (κ2) is 9.65. The second-order valence-corrected chi connectivity index (χ2v) is 9.02. The lowest BCUT2D eigenvalue weighted by Crippen LogP contribution is -2.29. The summed E-state index contributed by atoms with van der Waals surface area (Å²) >= 11 is 0. The minimum Gasteiger partial charge on any atom is -0.481 e. The van der Waals surface area contributed by atoms with Gasteiger partial charge in [0.15, 0.2) is 0 Å². The van der Waals surface area contributed by atoms with Crippen LogP contribution in [0.2, 0.25) is 0 Å². The maximum Gasteiger partial charge on any atom is 0.303 e. The molecule has 2 unspecified atom stereocenters. The first-order valence-corrected chi connectivity index (χ1v) is 11.5. The summed E-state index contributed by atoms with van der Waals surface area (Å²) in [5.41, 5.74) is 5.25. The van der Waals surface area contributed by atoms with Crippen LogP contribution >= 0.6 is 0 Å². The van der Waals surface area contributed by atoms with Crippen LogP contribution in [-0.2, 0) is 11.2 Å². The molecular weight excluding hydrogens is 372 g/mol. The average Bonchev–Trinajstić information content (AvgIpc) is 3.45. The van der Waals surface area contributed by atoms with Gasteiger partial charge in [0, 0.05) is 37.3 Å². The van der Waals surface area contributed by atoms with Gasteiger partial charge in [0.25, 0.3) is 0 Å². The first-order valence-electron chi connectivity index (χ1n) is 11.5. The van der Waals surface area contributed by atoms with Gasteiger partial charge in [-0.2, -0.15) is 0 Å². The van der Waals surface area contributed by atoms with Crippen LogP contribution in [0.15, 0.2) is 48.5 Å². The lowest BCUT2D eigenvalue weighted by Gasteiger charge is -2.23. The van der Waals surface area contributed by atoms with Crippen molar-refractivity contribution in [1.82, 2.24) is 5.32 Å². The molecule has 4 nitrogen and oxygen atoms in total. The van der Waals surface area contributed by atoms with Crippen LogP contribution in [0.25, 0.3) is 0 Å². The molecule has 1 aliphatic carbocycles. The van der Waals surface area contributed by atoms with Crippen LogP contribution in [0.3, 0.4) is 0 Å². The van der Waals surface area contributed by atoms with Gasteiger partial charge in [-0.15, -0.1) is 0 Å². The molecule has 0 bridgehead atoms. The van der Waals surface area contributed by atoms with Crippen LogP contribution in [0.1, 0.15) is 74.1 Å². The molecule has 3 atom stereocenters. The summed E-state index contributed by atoms with van der Waals surface area (Å²) in [4.78, 5) is 13.3.